The first kappa shape index (κ1) is 18.7. The van der Waals surface area contributed by atoms with Crippen LogP contribution in [0.2, 0.25) is 0 Å². The zero-order valence-electron chi connectivity index (χ0n) is 15.8. The van der Waals surface area contributed by atoms with E-state index in [-0.39, 0.29) is 17.9 Å². The molecule has 0 radical (unpaired) electrons. The molecule has 2 aromatic carbocycles. The van der Waals surface area contributed by atoms with Gasteiger partial charge in [0.15, 0.2) is 17.2 Å². The normalized spacial score (nSPS) is 20.7. The number of hydrogen-bond donors (Lipinski definition) is 0. The molecule has 1 atom stereocenters. The summed E-state index contributed by atoms with van der Waals surface area (Å²) in [6, 6.07) is 11.7. The molecule has 2 heterocycles. The molecule has 0 aliphatic carbocycles. The summed E-state index contributed by atoms with van der Waals surface area (Å²) in [6.07, 6.45) is 1.37. The van der Waals surface area contributed by atoms with Crippen LogP contribution in [-0.2, 0) is 11.2 Å². The van der Waals surface area contributed by atoms with Gasteiger partial charge in [-0.1, -0.05) is 24.3 Å². The molecular formula is C21H17FN4O3. The van der Waals surface area contributed by atoms with Crippen LogP contribution in [0.4, 0.5) is 9.18 Å². The number of likely N-dealkylation sites (N-methyl/N-ethyl adjacent to an activating group) is 1. The Bertz CT molecular complexity index is 1090. The van der Waals surface area contributed by atoms with Crippen LogP contribution < -0.4 is 0 Å². The monoisotopic (exact) mass is 392 g/mol. The number of carbonyl (C=O) groups excluding carboxylic acids is 3. The summed E-state index contributed by atoms with van der Waals surface area (Å²) in [5.74, 6) is -1.24. The first-order chi connectivity index (χ1) is 13.8. The SMILES string of the molecule is CN1C(=O)C2=NC=NC2(Cc2ccccc2C(=O)c2ccc(F)cc2)N(C)C1=O. The van der Waals surface area contributed by atoms with Gasteiger partial charge in [0.2, 0.25) is 0 Å². The highest BCUT2D eigenvalue weighted by Crippen LogP contribution is 2.33. The number of nitrogens with zero attached hydrogens (tertiary/aromatic N) is 4. The third-order valence-electron chi connectivity index (χ3n) is 5.28. The van der Waals surface area contributed by atoms with Crippen molar-refractivity contribution in [1.82, 2.24) is 9.80 Å². The van der Waals surface area contributed by atoms with E-state index in [1.807, 2.05) is 0 Å². The van der Waals surface area contributed by atoms with Crippen molar-refractivity contribution in [2.24, 2.45) is 9.98 Å². The number of urea groups is 1. The second-order valence-electron chi connectivity index (χ2n) is 6.91. The third-order valence-corrected chi connectivity index (χ3v) is 5.28. The summed E-state index contributed by atoms with van der Waals surface area (Å²) >= 11 is 0. The molecule has 4 rings (SSSR count). The van der Waals surface area contributed by atoms with Crippen molar-refractivity contribution < 1.29 is 18.8 Å². The number of halogens is 1. The Balaban J connectivity index is 1.76. The molecule has 2 aliphatic heterocycles. The Hall–Kier alpha value is -3.68. The molecule has 7 nitrogen and oxygen atoms in total. The minimum absolute atomic E-state index is 0.104. The van der Waals surface area contributed by atoms with Gasteiger partial charge in [-0.25, -0.2) is 19.2 Å². The Labute approximate surface area is 166 Å². The molecule has 3 amide bonds. The fourth-order valence-corrected chi connectivity index (χ4v) is 3.61. The van der Waals surface area contributed by atoms with Crippen LogP contribution in [0.5, 0.6) is 0 Å². The minimum atomic E-state index is -1.31. The van der Waals surface area contributed by atoms with Gasteiger partial charge in [0.25, 0.3) is 5.91 Å². The van der Waals surface area contributed by atoms with Crippen LogP contribution in [-0.4, -0.2) is 59.3 Å². The van der Waals surface area contributed by atoms with E-state index in [1.165, 1.54) is 42.6 Å². The number of aliphatic imine (C=N–C) groups is 2. The zero-order valence-corrected chi connectivity index (χ0v) is 15.8. The maximum Gasteiger partial charge on any atom is 0.328 e. The molecule has 0 N–H and O–H groups in total. The van der Waals surface area contributed by atoms with E-state index in [1.54, 1.807) is 31.3 Å². The molecule has 2 aromatic rings. The van der Waals surface area contributed by atoms with Crippen LogP contribution in [0.3, 0.4) is 0 Å². The zero-order chi connectivity index (χ0) is 20.8. The Morgan fingerprint density at radius 2 is 1.76 bits per heavy atom. The number of imide groups is 1. The molecule has 8 heteroatoms. The number of carbonyl (C=O) groups is 3. The summed E-state index contributed by atoms with van der Waals surface area (Å²) in [4.78, 5) is 49.0. The van der Waals surface area contributed by atoms with Crippen LogP contribution >= 0.6 is 0 Å². The molecule has 2 aliphatic rings. The summed E-state index contributed by atoms with van der Waals surface area (Å²) in [6.45, 7) is 0. The highest BCUT2D eigenvalue weighted by molar-refractivity contribution is 6.48. The summed E-state index contributed by atoms with van der Waals surface area (Å²) in [5.41, 5.74) is 0.155. The Kier molecular flexibility index (Phi) is 4.34. The van der Waals surface area contributed by atoms with Gasteiger partial charge >= 0.3 is 6.03 Å². The standard InChI is InChI=1S/C21H17FN4O3/c1-25-19(28)18-21(24-12-23-18,26(2)20(25)29)11-14-5-3-4-6-16(14)17(27)13-7-9-15(22)10-8-13/h3-10,12H,11H2,1-2H3. The van der Waals surface area contributed by atoms with E-state index in [0.29, 0.717) is 16.7 Å². The molecule has 0 bridgehead atoms. The van der Waals surface area contributed by atoms with Crippen LogP contribution in [0.25, 0.3) is 0 Å². The largest absolute Gasteiger partial charge is 0.328 e. The lowest BCUT2D eigenvalue weighted by Gasteiger charge is -2.43. The molecule has 0 saturated carbocycles. The lowest BCUT2D eigenvalue weighted by Crippen LogP contribution is -2.66. The summed E-state index contributed by atoms with van der Waals surface area (Å²) < 4.78 is 13.2. The number of benzene rings is 2. The van der Waals surface area contributed by atoms with Crippen LogP contribution in [0, 0.1) is 5.82 Å². The van der Waals surface area contributed by atoms with Gasteiger partial charge in [-0.3, -0.25) is 19.4 Å². The molecule has 1 saturated heterocycles. The number of ketones is 1. The van der Waals surface area contributed by atoms with Crippen molar-refractivity contribution in [2.45, 2.75) is 12.1 Å². The summed E-state index contributed by atoms with van der Waals surface area (Å²) in [7, 11) is 2.94. The van der Waals surface area contributed by atoms with Crippen LogP contribution in [0.15, 0.2) is 58.5 Å². The number of rotatable bonds is 4. The van der Waals surface area contributed by atoms with Gasteiger partial charge < -0.3 is 0 Å². The van der Waals surface area contributed by atoms with Gasteiger partial charge in [-0.15, -0.1) is 0 Å². The molecule has 146 valence electrons. The predicted octanol–water partition coefficient (Wildman–Crippen LogP) is 2.30. The fourth-order valence-electron chi connectivity index (χ4n) is 3.61. The molecule has 0 spiro atoms. The predicted molar refractivity (Wildman–Crippen MR) is 105 cm³/mol. The van der Waals surface area contributed by atoms with Gasteiger partial charge in [0.1, 0.15) is 12.2 Å². The maximum atomic E-state index is 13.2. The van der Waals surface area contributed by atoms with Crippen molar-refractivity contribution >= 4 is 29.8 Å². The average Bonchev–Trinajstić information content (AvgIpc) is 3.16. The van der Waals surface area contributed by atoms with Gasteiger partial charge in [0.05, 0.1) is 0 Å². The topological polar surface area (TPSA) is 82.4 Å². The van der Waals surface area contributed by atoms with Gasteiger partial charge in [-0.2, -0.15) is 0 Å². The first-order valence-electron chi connectivity index (χ1n) is 8.91. The van der Waals surface area contributed by atoms with Crippen LogP contribution in [0.1, 0.15) is 21.5 Å². The average molecular weight is 392 g/mol. The lowest BCUT2D eigenvalue weighted by atomic mass is 9.87. The smallest absolute Gasteiger partial charge is 0.297 e. The van der Waals surface area contributed by atoms with Crippen molar-refractivity contribution in [3.63, 3.8) is 0 Å². The second-order valence-corrected chi connectivity index (χ2v) is 6.91. The highest BCUT2D eigenvalue weighted by Gasteiger charge is 2.54. The van der Waals surface area contributed by atoms with Crippen molar-refractivity contribution in [2.75, 3.05) is 14.1 Å². The molecule has 1 unspecified atom stereocenters. The highest BCUT2D eigenvalue weighted by atomic mass is 19.1. The molecule has 1 fully saturated rings. The third kappa shape index (κ3) is 2.84. The van der Waals surface area contributed by atoms with E-state index < -0.39 is 23.4 Å². The van der Waals surface area contributed by atoms with Crippen molar-refractivity contribution in [3.05, 3.63) is 71.0 Å². The first-order valence-corrected chi connectivity index (χ1v) is 8.91. The number of hydrogen-bond acceptors (Lipinski definition) is 5. The van der Waals surface area contributed by atoms with E-state index in [0.717, 1.165) is 4.90 Å². The summed E-state index contributed by atoms with van der Waals surface area (Å²) in [5, 5.41) is 0. The van der Waals surface area contributed by atoms with Crippen molar-refractivity contribution in [1.29, 1.82) is 0 Å². The fraction of sp³-hybridized carbons (Fsp3) is 0.190. The van der Waals surface area contributed by atoms with E-state index in [2.05, 4.69) is 9.98 Å². The van der Waals surface area contributed by atoms with Crippen molar-refractivity contribution in [3.8, 4) is 0 Å². The Morgan fingerprint density at radius 1 is 1.07 bits per heavy atom. The lowest BCUT2D eigenvalue weighted by molar-refractivity contribution is -0.122. The van der Waals surface area contributed by atoms with Gasteiger partial charge in [-0.05, 0) is 29.8 Å². The van der Waals surface area contributed by atoms with E-state index in [4.69, 9.17) is 0 Å². The molecular weight excluding hydrogens is 375 g/mol. The number of fused-ring (bicyclic) bond motifs is 1. The van der Waals surface area contributed by atoms with Gasteiger partial charge in [0, 0.05) is 31.6 Å². The molecule has 29 heavy (non-hydrogen) atoms. The second kappa shape index (κ2) is 6.73. The minimum Gasteiger partial charge on any atom is -0.297 e. The Morgan fingerprint density at radius 3 is 2.48 bits per heavy atom. The quantitative estimate of drug-likeness (QED) is 0.749. The maximum absolute atomic E-state index is 13.2. The molecule has 0 aromatic heterocycles. The van der Waals surface area contributed by atoms with E-state index >= 15 is 0 Å². The number of amides is 3. The van der Waals surface area contributed by atoms with E-state index in [9.17, 15) is 18.8 Å².